The molecule has 1 aliphatic rings. The molecule has 1 aliphatic heterocycles. The van der Waals surface area contributed by atoms with E-state index in [9.17, 15) is 20.0 Å². The van der Waals surface area contributed by atoms with Crippen LogP contribution in [0.3, 0.4) is 0 Å². The SMILES string of the molecule is CC(C)c1cnn2c(Nc3cccc([N+](=O)[O-])c3)nc(NC[C@H]3CCN(C(=O)OC(C)(C)C)C[C@@H]3O)nc12. The summed E-state index contributed by atoms with van der Waals surface area (Å²) in [6, 6.07) is 6.13. The predicted molar refractivity (Wildman–Crippen MR) is 142 cm³/mol. The maximum absolute atomic E-state index is 12.4. The molecule has 13 heteroatoms. The molecule has 2 atom stereocenters. The Kier molecular flexibility index (Phi) is 7.67. The topological polar surface area (TPSA) is 160 Å². The van der Waals surface area contributed by atoms with Crippen molar-refractivity contribution in [2.75, 3.05) is 30.3 Å². The summed E-state index contributed by atoms with van der Waals surface area (Å²) in [6.45, 7) is 10.5. The number of aliphatic hydroxyl groups is 1. The summed E-state index contributed by atoms with van der Waals surface area (Å²) in [4.78, 5) is 33.9. The van der Waals surface area contributed by atoms with Crippen LogP contribution in [-0.4, -0.2) is 71.9 Å². The number of carbonyl (C=O) groups excluding carboxylic acids is 1. The molecule has 3 heterocycles. The number of nitrogens with one attached hydrogen (secondary N) is 2. The number of fused-ring (bicyclic) bond motifs is 1. The van der Waals surface area contributed by atoms with Gasteiger partial charge in [0, 0.05) is 42.4 Å². The predicted octanol–water partition coefficient (Wildman–Crippen LogP) is 3.93. The lowest BCUT2D eigenvalue weighted by atomic mass is 9.94. The van der Waals surface area contributed by atoms with Gasteiger partial charge in [0.2, 0.25) is 11.9 Å². The first-order valence-corrected chi connectivity index (χ1v) is 12.6. The molecule has 1 amide bonds. The molecule has 1 aromatic carbocycles. The van der Waals surface area contributed by atoms with Gasteiger partial charge in [0.1, 0.15) is 5.60 Å². The summed E-state index contributed by atoms with van der Waals surface area (Å²) < 4.78 is 6.99. The lowest BCUT2D eigenvalue weighted by molar-refractivity contribution is -0.384. The lowest BCUT2D eigenvalue weighted by Crippen LogP contribution is -2.49. The number of piperidine rings is 1. The second-order valence-electron chi connectivity index (χ2n) is 10.7. The fraction of sp³-hybridized carbons (Fsp3) is 0.520. The molecular weight excluding hydrogens is 492 g/mol. The maximum atomic E-state index is 12.4. The van der Waals surface area contributed by atoms with Crippen LogP contribution in [0.15, 0.2) is 30.5 Å². The summed E-state index contributed by atoms with van der Waals surface area (Å²) in [5.74, 6) is 0.691. The van der Waals surface area contributed by atoms with Crippen LogP contribution in [0.4, 0.5) is 28.1 Å². The molecule has 0 unspecified atom stereocenters. The van der Waals surface area contributed by atoms with Crippen molar-refractivity contribution in [3.8, 4) is 0 Å². The van der Waals surface area contributed by atoms with Crippen molar-refractivity contribution in [1.29, 1.82) is 0 Å². The second-order valence-corrected chi connectivity index (χ2v) is 10.7. The third-order valence-corrected chi connectivity index (χ3v) is 6.23. The van der Waals surface area contributed by atoms with Crippen molar-refractivity contribution in [3.05, 3.63) is 46.1 Å². The number of nitro benzene ring substituents is 1. The number of ether oxygens (including phenoxy) is 1. The van der Waals surface area contributed by atoms with Crippen LogP contribution in [0, 0.1) is 16.0 Å². The number of non-ortho nitro benzene ring substituents is 1. The number of rotatable bonds is 7. The van der Waals surface area contributed by atoms with E-state index in [1.165, 1.54) is 17.0 Å². The monoisotopic (exact) mass is 526 g/mol. The molecule has 1 saturated heterocycles. The van der Waals surface area contributed by atoms with Crippen molar-refractivity contribution >= 4 is 35.0 Å². The van der Waals surface area contributed by atoms with Gasteiger partial charge >= 0.3 is 6.09 Å². The van der Waals surface area contributed by atoms with Crippen molar-refractivity contribution in [3.63, 3.8) is 0 Å². The zero-order chi connectivity index (χ0) is 27.6. The molecule has 0 aliphatic carbocycles. The molecule has 0 bridgehead atoms. The molecule has 38 heavy (non-hydrogen) atoms. The van der Waals surface area contributed by atoms with Crippen LogP contribution in [0.1, 0.15) is 52.5 Å². The van der Waals surface area contributed by atoms with Gasteiger partial charge in [0.05, 0.1) is 23.8 Å². The molecule has 204 valence electrons. The summed E-state index contributed by atoms with van der Waals surface area (Å²) in [5, 5.41) is 32.7. The molecule has 0 spiro atoms. The smallest absolute Gasteiger partial charge is 0.410 e. The van der Waals surface area contributed by atoms with Crippen molar-refractivity contribution in [2.45, 2.75) is 58.7 Å². The third-order valence-electron chi connectivity index (χ3n) is 6.23. The van der Waals surface area contributed by atoms with E-state index in [1.807, 2.05) is 34.6 Å². The molecule has 0 radical (unpaired) electrons. The zero-order valence-electron chi connectivity index (χ0n) is 22.2. The quantitative estimate of drug-likeness (QED) is 0.304. The Bertz CT molecular complexity index is 1320. The lowest BCUT2D eigenvalue weighted by Gasteiger charge is -2.36. The van der Waals surface area contributed by atoms with Crippen molar-refractivity contribution < 1.29 is 19.6 Å². The zero-order valence-corrected chi connectivity index (χ0v) is 22.2. The number of benzene rings is 1. The Morgan fingerprint density at radius 3 is 2.74 bits per heavy atom. The number of β-amino-alcohol motifs (C(OH)–C–C–N with tert-alkyl or cyclic N) is 1. The van der Waals surface area contributed by atoms with E-state index in [0.717, 1.165) is 5.56 Å². The fourth-order valence-electron chi connectivity index (χ4n) is 4.22. The Morgan fingerprint density at radius 2 is 2.08 bits per heavy atom. The fourth-order valence-corrected chi connectivity index (χ4v) is 4.22. The average Bonchev–Trinajstić information content (AvgIpc) is 3.27. The van der Waals surface area contributed by atoms with Crippen LogP contribution in [-0.2, 0) is 4.74 Å². The number of nitrogens with zero attached hydrogens (tertiary/aromatic N) is 6. The maximum Gasteiger partial charge on any atom is 0.410 e. The van der Waals surface area contributed by atoms with E-state index < -0.39 is 22.7 Å². The van der Waals surface area contributed by atoms with Gasteiger partial charge in [-0.05, 0) is 39.2 Å². The summed E-state index contributed by atoms with van der Waals surface area (Å²) in [5.41, 5.74) is 1.36. The van der Waals surface area contributed by atoms with Crippen LogP contribution in [0.25, 0.3) is 5.65 Å². The molecule has 2 aromatic heterocycles. The van der Waals surface area contributed by atoms with Gasteiger partial charge in [-0.2, -0.15) is 19.6 Å². The normalized spacial score (nSPS) is 18.0. The number of hydrogen-bond donors (Lipinski definition) is 3. The number of likely N-dealkylation sites (tertiary alicyclic amines) is 1. The number of aliphatic hydroxyl groups excluding tert-OH is 1. The van der Waals surface area contributed by atoms with Gasteiger partial charge in [-0.15, -0.1) is 0 Å². The van der Waals surface area contributed by atoms with Gasteiger partial charge in [-0.1, -0.05) is 19.9 Å². The van der Waals surface area contributed by atoms with Gasteiger partial charge in [0.25, 0.3) is 5.69 Å². The molecule has 3 aromatic rings. The van der Waals surface area contributed by atoms with Gasteiger partial charge in [-0.3, -0.25) is 10.1 Å². The van der Waals surface area contributed by atoms with Crippen molar-refractivity contribution in [1.82, 2.24) is 24.5 Å². The van der Waals surface area contributed by atoms with Crippen LogP contribution in [0.2, 0.25) is 0 Å². The van der Waals surface area contributed by atoms with Crippen LogP contribution >= 0.6 is 0 Å². The Morgan fingerprint density at radius 1 is 1.32 bits per heavy atom. The van der Waals surface area contributed by atoms with E-state index in [2.05, 4.69) is 25.7 Å². The highest BCUT2D eigenvalue weighted by molar-refractivity contribution is 5.68. The number of amides is 1. The molecular formula is C25H34N8O5. The van der Waals surface area contributed by atoms with E-state index in [0.29, 0.717) is 42.7 Å². The largest absolute Gasteiger partial charge is 0.444 e. The summed E-state index contributed by atoms with van der Waals surface area (Å²) in [7, 11) is 0. The second kappa shape index (κ2) is 10.8. The highest BCUT2D eigenvalue weighted by atomic mass is 16.6. The third kappa shape index (κ3) is 6.28. The Balaban J connectivity index is 1.52. The highest BCUT2D eigenvalue weighted by Gasteiger charge is 2.32. The number of aromatic nitrogens is 4. The standard InChI is InChI=1S/C25H34N8O5/c1-15(2)19-13-27-32-21(19)29-22(30-23(32)28-17-7-6-8-18(11-17)33(36)37)26-12-16-9-10-31(14-20(16)34)24(35)38-25(3,4)5/h6-8,11,13,15-16,20,34H,9-10,12,14H2,1-5H3,(H2,26,28,29,30)/t16-,20+/m1/s1. The van der Waals surface area contributed by atoms with Gasteiger partial charge in [-0.25, -0.2) is 4.79 Å². The first-order chi connectivity index (χ1) is 17.9. The molecule has 4 rings (SSSR count). The van der Waals surface area contributed by atoms with Crippen LogP contribution in [0.5, 0.6) is 0 Å². The highest BCUT2D eigenvalue weighted by Crippen LogP contribution is 2.26. The average molecular weight is 527 g/mol. The number of nitro groups is 1. The van der Waals surface area contributed by atoms with Gasteiger partial charge in [0.15, 0.2) is 5.65 Å². The number of carbonyl (C=O) groups is 1. The van der Waals surface area contributed by atoms with E-state index in [4.69, 9.17) is 4.74 Å². The minimum Gasteiger partial charge on any atom is -0.444 e. The van der Waals surface area contributed by atoms with Crippen molar-refractivity contribution in [2.24, 2.45) is 5.92 Å². The van der Waals surface area contributed by atoms with E-state index in [-0.39, 0.29) is 24.1 Å². The Hall–Kier alpha value is -4.00. The minimum absolute atomic E-state index is 0.0475. The molecule has 3 N–H and O–H groups in total. The van der Waals surface area contributed by atoms with Gasteiger partial charge < -0.3 is 25.4 Å². The first kappa shape index (κ1) is 27.0. The first-order valence-electron chi connectivity index (χ1n) is 12.6. The molecule has 13 nitrogen and oxygen atoms in total. The summed E-state index contributed by atoms with van der Waals surface area (Å²) >= 11 is 0. The summed E-state index contributed by atoms with van der Waals surface area (Å²) in [6.07, 6.45) is 1.14. The number of hydrogen-bond acceptors (Lipinski definition) is 10. The minimum atomic E-state index is -0.740. The molecule has 1 fully saturated rings. The van der Waals surface area contributed by atoms with E-state index >= 15 is 0 Å². The van der Waals surface area contributed by atoms with Crippen LogP contribution < -0.4 is 10.6 Å². The number of anilines is 3. The van der Waals surface area contributed by atoms with E-state index in [1.54, 1.807) is 22.8 Å². The Labute approximate surface area is 220 Å². The molecule has 0 saturated carbocycles.